The fourth-order valence-corrected chi connectivity index (χ4v) is 1.62. The molecule has 0 aliphatic carbocycles. The third-order valence-electron chi connectivity index (χ3n) is 2.77. The van der Waals surface area contributed by atoms with Crippen LogP contribution in [-0.4, -0.2) is 79.6 Å². The lowest BCUT2D eigenvalue weighted by Gasteiger charge is -2.34. The molecule has 2 amide bonds. The monoisotopic (exact) mass is 416 g/mol. The lowest BCUT2D eigenvalue weighted by atomic mass is 10.1. The van der Waals surface area contributed by atoms with E-state index in [0.717, 1.165) is 14.1 Å². The van der Waals surface area contributed by atoms with Gasteiger partial charge in [0, 0.05) is 14.1 Å². The van der Waals surface area contributed by atoms with Crippen molar-refractivity contribution in [1.82, 2.24) is 9.80 Å². The minimum Gasteiger partial charge on any atom is -0.331 e. The van der Waals surface area contributed by atoms with Crippen molar-refractivity contribution in [2.75, 3.05) is 27.2 Å². The van der Waals surface area contributed by atoms with Crippen LogP contribution in [0.3, 0.4) is 0 Å². The third-order valence-corrected chi connectivity index (χ3v) is 2.77. The molecule has 0 fully saturated rings. The molecule has 0 spiro atoms. The second kappa shape index (κ2) is 7.58. The SMILES string of the molecule is CN(C)C(=O)N(CC(F)(F)C(F)C(F)(F)F)CC(F)(F)C(F)C(F)(F)F. The molecule has 15 heteroatoms. The Morgan fingerprint density at radius 2 is 1.00 bits per heavy atom. The summed E-state index contributed by atoms with van der Waals surface area (Å²) in [5.74, 6) is -11.0. The Balaban J connectivity index is 5.68. The van der Waals surface area contributed by atoms with Crippen molar-refractivity contribution in [3.63, 3.8) is 0 Å². The van der Waals surface area contributed by atoms with E-state index >= 15 is 0 Å². The van der Waals surface area contributed by atoms with E-state index in [-0.39, 0.29) is 4.90 Å². The van der Waals surface area contributed by atoms with Gasteiger partial charge >= 0.3 is 30.2 Å². The van der Waals surface area contributed by atoms with E-state index in [1.165, 1.54) is 0 Å². The zero-order valence-corrected chi connectivity index (χ0v) is 12.9. The molecule has 0 saturated heterocycles. The summed E-state index contributed by atoms with van der Waals surface area (Å²) in [7, 11) is 1.47. The first-order chi connectivity index (χ1) is 11.2. The summed E-state index contributed by atoms with van der Waals surface area (Å²) in [6.07, 6.45) is -22.1. The number of carbonyl (C=O) groups excluding carboxylic acids is 1. The maximum absolute atomic E-state index is 13.3. The van der Waals surface area contributed by atoms with Crippen LogP contribution in [-0.2, 0) is 0 Å². The Labute approximate surface area is 138 Å². The molecule has 3 nitrogen and oxygen atoms in total. The Kier molecular flexibility index (Phi) is 7.12. The largest absolute Gasteiger partial charge is 0.425 e. The molecule has 0 bridgehead atoms. The molecule has 0 N–H and O–H groups in total. The number of halogens is 12. The fraction of sp³-hybridized carbons (Fsp3) is 0.909. The summed E-state index contributed by atoms with van der Waals surface area (Å²) in [6.45, 7) is -5.32. The minimum atomic E-state index is -6.15. The molecular weight excluding hydrogens is 404 g/mol. The van der Waals surface area contributed by atoms with Crippen molar-refractivity contribution in [2.24, 2.45) is 0 Å². The molecule has 2 unspecified atom stereocenters. The van der Waals surface area contributed by atoms with Crippen LogP contribution in [0.15, 0.2) is 0 Å². The van der Waals surface area contributed by atoms with E-state index in [2.05, 4.69) is 0 Å². The van der Waals surface area contributed by atoms with E-state index < -0.39 is 60.6 Å². The Morgan fingerprint density at radius 1 is 0.731 bits per heavy atom. The topological polar surface area (TPSA) is 23.6 Å². The van der Waals surface area contributed by atoms with Crippen LogP contribution in [0.1, 0.15) is 0 Å². The van der Waals surface area contributed by atoms with Crippen LogP contribution >= 0.6 is 0 Å². The van der Waals surface area contributed by atoms with E-state index in [1.54, 1.807) is 0 Å². The lowest BCUT2D eigenvalue weighted by Crippen LogP contribution is -2.57. The van der Waals surface area contributed by atoms with Crippen LogP contribution in [0, 0.1) is 0 Å². The van der Waals surface area contributed by atoms with E-state index in [9.17, 15) is 57.5 Å². The minimum absolute atomic E-state index is 0.244. The molecule has 0 heterocycles. The zero-order chi connectivity index (χ0) is 21.3. The molecule has 0 radical (unpaired) electrons. The van der Waals surface area contributed by atoms with Crippen LogP contribution in [0.2, 0.25) is 0 Å². The Morgan fingerprint density at radius 3 is 1.19 bits per heavy atom. The van der Waals surface area contributed by atoms with Gasteiger partial charge in [-0.1, -0.05) is 0 Å². The number of alkyl halides is 12. The van der Waals surface area contributed by atoms with E-state index in [1.807, 2.05) is 0 Å². The van der Waals surface area contributed by atoms with Crippen molar-refractivity contribution in [2.45, 2.75) is 36.5 Å². The summed E-state index contributed by atoms with van der Waals surface area (Å²) in [5.41, 5.74) is 0. The zero-order valence-electron chi connectivity index (χ0n) is 12.9. The normalized spacial score (nSPS) is 16.2. The third kappa shape index (κ3) is 6.30. The van der Waals surface area contributed by atoms with Crippen molar-refractivity contribution in [3.8, 4) is 0 Å². The molecule has 0 aromatic rings. The predicted molar refractivity (Wildman–Crippen MR) is 62.5 cm³/mol. The molecule has 0 aromatic heterocycles. The van der Waals surface area contributed by atoms with Crippen molar-refractivity contribution >= 4 is 6.03 Å². The predicted octanol–water partition coefficient (Wildman–Crippen LogP) is 4.04. The highest BCUT2D eigenvalue weighted by Crippen LogP contribution is 2.38. The quantitative estimate of drug-likeness (QED) is 0.600. The molecular formula is C11H12F12N2O. The second-order valence-electron chi connectivity index (χ2n) is 5.36. The highest BCUT2D eigenvalue weighted by atomic mass is 19.4. The molecule has 0 aliphatic heterocycles. The Hall–Kier alpha value is -1.57. The van der Waals surface area contributed by atoms with Gasteiger partial charge in [0.15, 0.2) is 0 Å². The summed E-state index contributed by atoms with van der Waals surface area (Å²) in [6, 6.07) is -1.91. The molecule has 0 aromatic carbocycles. The summed E-state index contributed by atoms with van der Waals surface area (Å²) in [5, 5.41) is 0. The maximum Gasteiger partial charge on any atom is 0.425 e. The average Bonchev–Trinajstić information content (AvgIpc) is 2.41. The van der Waals surface area contributed by atoms with Gasteiger partial charge in [0.05, 0.1) is 13.1 Å². The number of amides is 2. The van der Waals surface area contributed by atoms with Gasteiger partial charge in [-0.05, 0) is 0 Å². The van der Waals surface area contributed by atoms with Gasteiger partial charge in [0.1, 0.15) is 0 Å². The van der Waals surface area contributed by atoms with Crippen LogP contribution < -0.4 is 0 Å². The number of nitrogens with zero attached hydrogens (tertiary/aromatic N) is 2. The highest BCUT2D eigenvalue weighted by molar-refractivity contribution is 5.74. The number of carbonyl (C=O) groups is 1. The summed E-state index contributed by atoms with van der Waals surface area (Å²) >= 11 is 0. The van der Waals surface area contributed by atoms with Gasteiger partial charge in [0.25, 0.3) is 12.3 Å². The number of urea groups is 1. The van der Waals surface area contributed by atoms with Crippen molar-refractivity contribution in [3.05, 3.63) is 0 Å². The van der Waals surface area contributed by atoms with Gasteiger partial charge in [-0.2, -0.15) is 26.3 Å². The first-order valence-corrected chi connectivity index (χ1v) is 6.37. The standard InChI is InChI=1S/C11H12F12N2O/c1-24(2)7(26)25(3-8(14,15)5(12)10(18,19)20)4-9(16,17)6(13)11(21,22)23/h5-6H,3-4H2,1-2H3. The molecule has 0 rings (SSSR count). The number of rotatable bonds is 6. The summed E-state index contributed by atoms with van der Waals surface area (Å²) in [4.78, 5) is 10.9. The fourth-order valence-electron chi connectivity index (χ4n) is 1.62. The molecule has 0 aliphatic rings. The molecule has 0 saturated carbocycles. The average molecular weight is 416 g/mol. The Bertz CT molecular complexity index is 453. The van der Waals surface area contributed by atoms with Crippen molar-refractivity contribution in [1.29, 1.82) is 0 Å². The molecule has 2 atom stereocenters. The van der Waals surface area contributed by atoms with Crippen molar-refractivity contribution < 1.29 is 57.5 Å². The van der Waals surface area contributed by atoms with Gasteiger partial charge < -0.3 is 9.80 Å². The maximum atomic E-state index is 13.3. The van der Waals surface area contributed by atoms with Gasteiger partial charge in [0.2, 0.25) is 0 Å². The van der Waals surface area contributed by atoms with Crippen LogP contribution in [0.5, 0.6) is 0 Å². The number of hydrogen-bond acceptors (Lipinski definition) is 1. The van der Waals surface area contributed by atoms with Gasteiger partial charge in [-0.3, -0.25) is 0 Å². The lowest BCUT2D eigenvalue weighted by molar-refractivity contribution is -0.255. The summed E-state index contributed by atoms with van der Waals surface area (Å²) < 4.78 is 151. The van der Waals surface area contributed by atoms with Crippen LogP contribution in [0.25, 0.3) is 0 Å². The van der Waals surface area contributed by atoms with E-state index in [4.69, 9.17) is 0 Å². The number of hydrogen-bond donors (Lipinski definition) is 0. The van der Waals surface area contributed by atoms with Gasteiger partial charge in [-0.25, -0.2) is 31.1 Å². The molecule has 156 valence electrons. The first-order valence-electron chi connectivity index (χ1n) is 6.37. The smallest absolute Gasteiger partial charge is 0.331 e. The molecule has 26 heavy (non-hydrogen) atoms. The van der Waals surface area contributed by atoms with Crippen LogP contribution in [0.4, 0.5) is 57.5 Å². The van der Waals surface area contributed by atoms with Gasteiger partial charge in [-0.15, -0.1) is 0 Å². The second-order valence-corrected chi connectivity index (χ2v) is 5.36. The van der Waals surface area contributed by atoms with E-state index in [0.29, 0.717) is 0 Å². The highest BCUT2D eigenvalue weighted by Gasteiger charge is 2.61. The first kappa shape index (κ1) is 24.4.